The average Bonchev–Trinajstić information content (AvgIpc) is 3.30. The third-order valence-electron chi connectivity index (χ3n) is 3.98. The van der Waals surface area contributed by atoms with Gasteiger partial charge in [0.25, 0.3) is 5.56 Å². The molecule has 0 aliphatic carbocycles. The van der Waals surface area contributed by atoms with Crippen LogP contribution in [0.1, 0.15) is 12.6 Å². The van der Waals surface area contributed by atoms with Crippen LogP contribution in [-0.4, -0.2) is 31.4 Å². The summed E-state index contributed by atoms with van der Waals surface area (Å²) in [4.78, 5) is 34.6. The van der Waals surface area contributed by atoms with Crippen molar-refractivity contribution < 1.29 is 9.18 Å². The predicted octanol–water partition coefficient (Wildman–Crippen LogP) is 3.60. The summed E-state index contributed by atoms with van der Waals surface area (Å²) in [5, 5.41) is 5.69. The number of amides is 1. The first-order valence-electron chi connectivity index (χ1n) is 8.42. The van der Waals surface area contributed by atoms with Crippen LogP contribution in [0.5, 0.6) is 0 Å². The maximum atomic E-state index is 13.3. The van der Waals surface area contributed by atoms with Crippen LogP contribution in [0.15, 0.2) is 50.7 Å². The first-order chi connectivity index (χ1) is 13.5. The molecule has 0 saturated carbocycles. The van der Waals surface area contributed by atoms with Crippen molar-refractivity contribution in [3.05, 3.63) is 57.7 Å². The Labute approximate surface area is 172 Å². The molecule has 6 nitrogen and oxygen atoms in total. The molecule has 0 bridgehead atoms. The number of fused-ring (bicyclic) bond motifs is 1. The second-order valence-electron chi connectivity index (χ2n) is 6.09. The van der Waals surface area contributed by atoms with Gasteiger partial charge in [0, 0.05) is 23.2 Å². The van der Waals surface area contributed by atoms with E-state index >= 15 is 0 Å². The highest BCUT2D eigenvalue weighted by Crippen LogP contribution is 2.34. The monoisotopic (exact) mass is 434 g/mol. The fourth-order valence-corrected chi connectivity index (χ4v) is 5.26. The van der Waals surface area contributed by atoms with E-state index in [4.69, 9.17) is 0 Å². The Kier molecular flexibility index (Phi) is 5.51. The molecule has 0 unspecified atom stereocenters. The third kappa shape index (κ3) is 3.98. The average molecular weight is 435 g/mol. The van der Waals surface area contributed by atoms with E-state index in [1.54, 1.807) is 11.6 Å². The van der Waals surface area contributed by atoms with Gasteiger partial charge in [-0.1, -0.05) is 18.7 Å². The molecule has 1 N–H and O–H groups in total. The second-order valence-corrected chi connectivity index (χ2v) is 9.38. The molecule has 3 heterocycles. The molecule has 144 valence electrons. The van der Waals surface area contributed by atoms with Crippen molar-refractivity contribution in [2.45, 2.75) is 28.6 Å². The van der Waals surface area contributed by atoms with Crippen molar-refractivity contribution in [3.8, 4) is 5.69 Å². The first-order valence-corrected chi connectivity index (χ1v) is 11.2. The van der Waals surface area contributed by atoms with Crippen molar-refractivity contribution in [2.75, 3.05) is 11.1 Å². The molecular formula is C18H15FN4O2S3. The highest BCUT2D eigenvalue weighted by atomic mass is 32.2. The van der Waals surface area contributed by atoms with Gasteiger partial charge >= 0.3 is 0 Å². The van der Waals surface area contributed by atoms with Gasteiger partial charge in [0.2, 0.25) is 5.91 Å². The normalized spacial score (nSPS) is 15.4. The highest BCUT2D eigenvalue weighted by molar-refractivity contribution is 8.00. The van der Waals surface area contributed by atoms with Crippen LogP contribution >= 0.6 is 34.9 Å². The summed E-state index contributed by atoms with van der Waals surface area (Å²) in [6.07, 6.45) is 2.32. The number of rotatable bonds is 5. The van der Waals surface area contributed by atoms with Crippen molar-refractivity contribution in [1.82, 2.24) is 14.5 Å². The number of benzene rings is 1. The van der Waals surface area contributed by atoms with Crippen LogP contribution in [0.2, 0.25) is 0 Å². The minimum Gasteiger partial charge on any atom is -0.301 e. The van der Waals surface area contributed by atoms with Gasteiger partial charge < -0.3 is 5.32 Å². The van der Waals surface area contributed by atoms with Gasteiger partial charge in [0.05, 0.1) is 22.0 Å². The molecule has 3 aromatic rings. The van der Waals surface area contributed by atoms with E-state index in [9.17, 15) is 14.0 Å². The Bertz CT molecular complexity index is 1070. The second kappa shape index (κ2) is 8.06. The molecule has 10 heteroatoms. The summed E-state index contributed by atoms with van der Waals surface area (Å²) in [6.45, 7) is 2.04. The summed E-state index contributed by atoms with van der Waals surface area (Å²) in [6, 6.07) is 5.67. The van der Waals surface area contributed by atoms with Crippen molar-refractivity contribution in [1.29, 1.82) is 0 Å². The van der Waals surface area contributed by atoms with Crippen molar-refractivity contribution in [2.24, 2.45) is 0 Å². The number of nitrogens with zero attached hydrogens (tertiary/aromatic N) is 3. The zero-order valence-corrected chi connectivity index (χ0v) is 17.2. The molecule has 0 radical (unpaired) electrons. The molecule has 2 aromatic heterocycles. The largest absolute Gasteiger partial charge is 0.301 e. The lowest BCUT2D eigenvalue weighted by Crippen LogP contribution is -2.24. The standard InChI is InChI=1S/C18H15FN4O2S3/c1-10-8-13-15(28-10)16(25)23(12-4-2-11(19)3-5-12)18(21-13)27-9-14(24)22-17-20-6-7-26-17/h2-7,10H,8-9H2,1H3,(H,20,22,24)/t10-/m0/s1. The molecule has 1 atom stereocenters. The number of halogens is 1. The SMILES string of the molecule is C[C@H]1Cc2nc(SCC(=O)Nc3nccs3)n(-c3ccc(F)cc3)c(=O)c2S1. The Morgan fingerprint density at radius 2 is 2.18 bits per heavy atom. The molecule has 1 aliphatic rings. The zero-order valence-electron chi connectivity index (χ0n) is 14.7. The molecule has 1 amide bonds. The molecular weight excluding hydrogens is 419 g/mol. The van der Waals surface area contributed by atoms with E-state index in [0.29, 0.717) is 27.3 Å². The van der Waals surface area contributed by atoms with Crippen LogP contribution in [0.4, 0.5) is 9.52 Å². The summed E-state index contributed by atoms with van der Waals surface area (Å²) in [5.74, 6) is -0.539. The number of anilines is 1. The lowest BCUT2D eigenvalue weighted by molar-refractivity contribution is -0.113. The summed E-state index contributed by atoms with van der Waals surface area (Å²) in [5.41, 5.74) is 1.09. The van der Waals surface area contributed by atoms with Gasteiger partial charge in [-0.3, -0.25) is 14.2 Å². The van der Waals surface area contributed by atoms with E-state index in [1.165, 1.54) is 63.7 Å². The van der Waals surface area contributed by atoms with E-state index in [1.807, 2.05) is 6.92 Å². The minimum absolute atomic E-state index is 0.0781. The van der Waals surface area contributed by atoms with Gasteiger partial charge in [0.1, 0.15) is 5.82 Å². The number of carbonyl (C=O) groups is 1. The number of aromatic nitrogens is 3. The summed E-state index contributed by atoms with van der Waals surface area (Å²) in [7, 11) is 0. The Hall–Kier alpha value is -2.17. The van der Waals surface area contributed by atoms with Crippen LogP contribution in [0.3, 0.4) is 0 Å². The topological polar surface area (TPSA) is 76.9 Å². The van der Waals surface area contributed by atoms with Crippen LogP contribution in [0, 0.1) is 5.82 Å². The zero-order chi connectivity index (χ0) is 19.7. The van der Waals surface area contributed by atoms with Gasteiger partial charge in [-0.15, -0.1) is 23.1 Å². The Morgan fingerprint density at radius 1 is 1.39 bits per heavy atom. The van der Waals surface area contributed by atoms with Crippen molar-refractivity contribution in [3.63, 3.8) is 0 Å². The van der Waals surface area contributed by atoms with Gasteiger partial charge in [0.15, 0.2) is 10.3 Å². The van der Waals surface area contributed by atoms with Gasteiger partial charge in [-0.05, 0) is 24.3 Å². The highest BCUT2D eigenvalue weighted by Gasteiger charge is 2.27. The smallest absolute Gasteiger partial charge is 0.272 e. The summed E-state index contributed by atoms with van der Waals surface area (Å²) < 4.78 is 14.8. The molecule has 4 rings (SSSR count). The first kappa shape index (κ1) is 19.2. The lowest BCUT2D eigenvalue weighted by Gasteiger charge is -2.13. The number of nitrogens with one attached hydrogen (secondary N) is 1. The molecule has 0 saturated heterocycles. The molecule has 0 spiro atoms. The third-order valence-corrected chi connectivity index (χ3v) is 6.82. The van der Waals surface area contributed by atoms with Crippen LogP contribution < -0.4 is 10.9 Å². The van der Waals surface area contributed by atoms with Gasteiger partial charge in [-0.2, -0.15) is 0 Å². The Balaban J connectivity index is 1.66. The van der Waals surface area contributed by atoms with Crippen LogP contribution in [-0.2, 0) is 11.2 Å². The quantitative estimate of drug-likeness (QED) is 0.488. The number of hydrogen-bond donors (Lipinski definition) is 1. The van der Waals surface area contributed by atoms with E-state index in [0.717, 1.165) is 5.69 Å². The number of thiazole rings is 1. The molecule has 1 aliphatic heterocycles. The fraction of sp³-hybridized carbons (Fsp3) is 0.222. The lowest BCUT2D eigenvalue weighted by atomic mass is 10.2. The minimum atomic E-state index is -0.383. The van der Waals surface area contributed by atoms with Crippen LogP contribution in [0.25, 0.3) is 5.69 Å². The number of carbonyl (C=O) groups excluding carboxylic acids is 1. The Morgan fingerprint density at radius 3 is 2.89 bits per heavy atom. The predicted molar refractivity (Wildman–Crippen MR) is 110 cm³/mol. The molecule has 0 fully saturated rings. The maximum absolute atomic E-state index is 13.3. The van der Waals surface area contributed by atoms with E-state index in [2.05, 4.69) is 15.3 Å². The fourth-order valence-electron chi connectivity index (χ4n) is 2.79. The van der Waals surface area contributed by atoms with E-state index < -0.39 is 0 Å². The molecule has 1 aromatic carbocycles. The molecule has 28 heavy (non-hydrogen) atoms. The maximum Gasteiger partial charge on any atom is 0.272 e. The summed E-state index contributed by atoms with van der Waals surface area (Å²) >= 11 is 4.00. The van der Waals surface area contributed by atoms with Gasteiger partial charge in [-0.25, -0.2) is 14.4 Å². The van der Waals surface area contributed by atoms with E-state index in [-0.39, 0.29) is 28.3 Å². The number of hydrogen-bond acceptors (Lipinski definition) is 7. The number of thioether (sulfide) groups is 2. The van der Waals surface area contributed by atoms with Crippen molar-refractivity contribution >= 4 is 45.9 Å².